The number of rotatable bonds is 6. The minimum absolute atomic E-state index is 0.0709. The Kier molecular flexibility index (Phi) is 4.34. The van der Waals surface area contributed by atoms with Crippen molar-refractivity contribution >= 4 is 17.9 Å². The second-order valence-electron chi connectivity index (χ2n) is 5.24. The Labute approximate surface area is 142 Å². The van der Waals surface area contributed by atoms with Crippen LogP contribution < -0.4 is 9.47 Å². The van der Waals surface area contributed by atoms with Gasteiger partial charge in [-0.15, -0.1) is 0 Å². The van der Waals surface area contributed by atoms with E-state index in [-0.39, 0.29) is 12.2 Å². The number of methoxy groups -OCH3 is 1. The van der Waals surface area contributed by atoms with Crippen LogP contribution >= 0.6 is 0 Å². The molecule has 3 aromatic rings. The molecule has 8 heteroatoms. The van der Waals surface area contributed by atoms with Gasteiger partial charge in [-0.25, -0.2) is 14.8 Å². The predicted octanol–water partition coefficient (Wildman–Crippen LogP) is 2.14. The summed E-state index contributed by atoms with van der Waals surface area (Å²) in [6.07, 6.45) is 3.79. The molecular weight excluding hydrogens is 326 g/mol. The van der Waals surface area contributed by atoms with Gasteiger partial charge >= 0.3 is 5.97 Å². The first-order chi connectivity index (χ1) is 12.0. The number of carboxylic acids is 1. The monoisotopic (exact) mass is 341 g/mol. The summed E-state index contributed by atoms with van der Waals surface area (Å²) in [7, 11) is 1.46. The third-order valence-corrected chi connectivity index (χ3v) is 3.79. The van der Waals surface area contributed by atoms with Gasteiger partial charge in [-0.05, 0) is 19.1 Å². The van der Waals surface area contributed by atoms with E-state index in [9.17, 15) is 14.7 Å². The molecule has 0 fully saturated rings. The highest BCUT2D eigenvalue weighted by atomic mass is 16.5. The van der Waals surface area contributed by atoms with E-state index in [1.54, 1.807) is 16.7 Å². The van der Waals surface area contributed by atoms with Gasteiger partial charge < -0.3 is 19.0 Å². The van der Waals surface area contributed by atoms with E-state index in [1.807, 2.05) is 6.92 Å². The maximum Gasteiger partial charge on any atom is 0.339 e. The minimum atomic E-state index is -1.05. The van der Waals surface area contributed by atoms with E-state index in [1.165, 1.54) is 25.4 Å². The molecule has 8 nitrogen and oxygen atoms in total. The Bertz CT molecular complexity index is 964. The summed E-state index contributed by atoms with van der Waals surface area (Å²) in [6, 6.07) is 4.61. The standard InChI is InChI=1S/C17H15N3O5/c1-10-13(19-16-12(17(22)23)4-3-5-20(10)16)9-25-14-7-18-15(24-2)6-11(14)8-21/h3-8H,9H2,1-2H3,(H,22,23). The van der Waals surface area contributed by atoms with Crippen LogP contribution in [0.5, 0.6) is 11.6 Å². The molecule has 0 saturated carbocycles. The van der Waals surface area contributed by atoms with Crippen LogP contribution in [0, 0.1) is 6.92 Å². The molecular formula is C17H15N3O5. The van der Waals surface area contributed by atoms with Gasteiger partial charge in [-0.2, -0.15) is 0 Å². The number of pyridine rings is 2. The van der Waals surface area contributed by atoms with Crippen molar-refractivity contribution in [2.75, 3.05) is 7.11 Å². The Balaban J connectivity index is 1.92. The molecule has 3 rings (SSSR count). The van der Waals surface area contributed by atoms with E-state index in [0.717, 1.165) is 5.69 Å². The molecule has 0 aliphatic heterocycles. The summed E-state index contributed by atoms with van der Waals surface area (Å²) >= 11 is 0. The summed E-state index contributed by atoms with van der Waals surface area (Å²) in [5.41, 5.74) is 2.08. The molecule has 0 radical (unpaired) electrons. The number of hydrogen-bond donors (Lipinski definition) is 1. The van der Waals surface area contributed by atoms with Gasteiger partial charge in [0.25, 0.3) is 0 Å². The fraction of sp³-hybridized carbons (Fsp3) is 0.176. The van der Waals surface area contributed by atoms with Crippen LogP contribution in [0.15, 0.2) is 30.6 Å². The fourth-order valence-electron chi connectivity index (χ4n) is 2.45. The number of ether oxygens (including phenoxy) is 2. The van der Waals surface area contributed by atoms with Gasteiger partial charge in [0.05, 0.1) is 24.6 Å². The lowest BCUT2D eigenvalue weighted by Crippen LogP contribution is -2.02. The van der Waals surface area contributed by atoms with E-state index < -0.39 is 5.97 Å². The molecule has 0 aliphatic carbocycles. The lowest BCUT2D eigenvalue weighted by molar-refractivity contribution is 0.0698. The van der Waals surface area contributed by atoms with Crippen molar-refractivity contribution in [2.24, 2.45) is 0 Å². The Morgan fingerprint density at radius 3 is 2.92 bits per heavy atom. The average Bonchev–Trinajstić information content (AvgIpc) is 2.95. The van der Waals surface area contributed by atoms with Gasteiger partial charge in [-0.3, -0.25) is 4.79 Å². The summed E-state index contributed by atoms with van der Waals surface area (Å²) in [5, 5.41) is 9.27. The minimum Gasteiger partial charge on any atom is -0.485 e. The van der Waals surface area contributed by atoms with Crippen molar-refractivity contribution in [3.05, 3.63) is 53.1 Å². The van der Waals surface area contributed by atoms with Crippen LogP contribution in [0.1, 0.15) is 32.1 Å². The summed E-state index contributed by atoms with van der Waals surface area (Å²) < 4.78 is 12.3. The normalized spacial score (nSPS) is 10.6. The van der Waals surface area contributed by atoms with Crippen LogP contribution in [0.4, 0.5) is 0 Å². The molecule has 0 aromatic carbocycles. The zero-order valence-corrected chi connectivity index (χ0v) is 13.6. The lowest BCUT2D eigenvalue weighted by atomic mass is 10.2. The van der Waals surface area contributed by atoms with E-state index >= 15 is 0 Å². The van der Waals surface area contributed by atoms with Crippen molar-refractivity contribution in [3.63, 3.8) is 0 Å². The molecule has 0 spiro atoms. The molecule has 3 heterocycles. The Hall–Kier alpha value is -3.42. The highest BCUT2D eigenvalue weighted by molar-refractivity contribution is 5.94. The molecule has 128 valence electrons. The van der Waals surface area contributed by atoms with Gasteiger partial charge in [0.1, 0.15) is 17.9 Å². The maximum atomic E-state index is 11.3. The SMILES string of the molecule is COc1cc(C=O)c(OCc2nc3c(C(=O)O)cccn3c2C)cn1. The highest BCUT2D eigenvalue weighted by Crippen LogP contribution is 2.22. The predicted molar refractivity (Wildman–Crippen MR) is 87.4 cm³/mol. The third kappa shape index (κ3) is 3.01. The largest absolute Gasteiger partial charge is 0.485 e. The van der Waals surface area contributed by atoms with Crippen molar-refractivity contribution in [3.8, 4) is 11.6 Å². The molecule has 0 bridgehead atoms. The maximum absolute atomic E-state index is 11.3. The quantitative estimate of drug-likeness (QED) is 0.685. The molecule has 25 heavy (non-hydrogen) atoms. The molecule has 3 aromatic heterocycles. The number of carboxylic acid groups (broad SMARTS) is 1. The van der Waals surface area contributed by atoms with E-state index in [2.05, 4.69) is 9.97 Å². The van der Waals surface area contributed by atoms with Crippen molar-refractivity contribution in [2.45, 2.75) is 13.5 Å². The first kappa shape index (κ1) is 16.4. The summed E-state index contributed by atoms with van der Waals surface area (Å²) in [5.74, 6) is -0.444. The van der Waals surface area contributed by atoms with Gasteiger partial charge in [0, 0.05) is 18.0 Å². The first-order valence-corrected chi connectivity index (χ1v) is 7.37. The molecule has 0 saturated heterocycles. The third-order valence-electron chi connectivity index (χ3n) is 3.79. The number of aryl methyl sites for hydroxylation is 1. The average molecular weight is 341 g/mol. The van der Waals surface area contributed by atoms with Crippen molar-refractivity contribution in [1.82, 2.24) is 14.4 Å². The van der Waals surface area contributed by atoms with Crippen LogP contribution in [0.25, 0.3) is 5.65 Å². The summed E-state index contributed by atoms with van der Waals surface area (Å²) in [4.78, 5) is 30.9. The Morgan fingerprint density at radius 2 is 2.24 bits per heavy atom. The van der Waals surface area contributed by atoms with Gasteiger partial charge in [0.15, 0.2) is 11.9 Å². The molecule has 1 N–H and O–H groups in total. The topological polar surface area (TPSA) is 103 Å². The van der Waals surface area contributed by atoms with Crippen LogP contribution in [-0.2, 0) is 6.61 Å². The zero-order chi connectivity index (χ0) is 18.0. The van der Waals surface area contributed by atoms with Crippen LogP contribution in [-0.4, -0.2) is 38.8 Å². The number of imidazole rings is 1. The number of aromatic nitrogens is 3. The second-order valence-corrected chi connectivity index (χ2v) is 5.24. The number of nitrogens with zero attached hydrogens (tertiary/aromatic N) is 3. The molecule has 0 aliphatic rings. The molecule has 0 unspecified atom stereocenters. The molecule has 0 atom stereocenters. The number of aromatic carboxylic acids is 1. The number of hydrogen-bond acceptors (Lipinski definition) is 6. The number of carbonyl (C=O) groups excluding carboxylic acids is 1. The lowest BCUT2D eigenvalue weighted by Gasteiger charge is -2.08. The number of fused-ring (bicyclic) bond motifs is 1. The second kappa shape index (κ2) is 6.60. The van der Waals surface area contributed by atoms with Crippen molar-refractivity contribution < 1.29 is 24.2 Å². The Morgan fingerprint density at radius 1 is 1.44 bits per heavy atom. The zero-order valence-electron chi connectivity index (χ0n) is 13.6. The number of aldehydes is 1. The highest BCUT2D eigenvalue weighted by Gasteiger charge is 2.16. The fourth-order valence-corrected chi connectivity index (χ4v) is 2.45. The van der Waals surface area contributed by atoms with Crippen molar-refractivity contribution in [1.29, 1.82) is 0 Å². The smallest absolute Gasteiger partial charge is 0.339 e. The first-order valence-electron chi connectivity index (χ1n) is 7.37. The van der Waals surface area contributed by atoms with Gasteiger partial charge in [0.2, 0.25) is 5.88 Å². The summed E-state index contributed by atoms with van der Waals surface area (Å²) in [6.45, 7) is 1.89. The van der Waals surface area contributed by atoms with E-state index in [0.29, 0.717) is 34.8 Å². The van der Waals surface area contributed by atoms with Gasteiger partial charge in [-0.1, -0.05) is 0 Å². The molecule has 0 amide bonds. The van der Waals surface area contributed by atoms with Crippen LogP contribution in [0.3, 0.4) is 0 Å². The van der Waals surface area contributed by atoms with E-state index in [4.69, 9.17) is 9.47 Å². The number of carbonyl (C=O) groups is 2. The van der Waals surface area contributed by atoms with Crippen LogP contribution in [0.2, 0.25) is 0 Å².